The molecule has 0 unspecified atom stereocenters. The molecule has 0 spiro atoms. The molecular weight excluding hydrogens is 934 g/mol. The molecule has 0 aliphatic rings. The third kappa shape index (κ3) is 8.14. The van der Waals surface area contributed by atoms with Gasteiger partial charge in [-0.15, -0.1) is 13.2 Å². The molecule has 58 heavy (non-hydrogen) atoms. The van der Waals surface area contributed by atoms with Crippen LogP contribution in [0.4, 0.5) is 149 Å². The number of halogens is 34. The van der Waals surface area contributed by atoms with Gasteiger partial charge in [-0.3, -0.25) is 0 Å². The predicted molar refractivity (Wildman–Crippen MR) is 120 cm³/mol. The second kappa shape index (κ2) is 15.5. The van der Waals surface area contributed by atoms with E-state index in [2.05, 4.69) is 13.2 Å². The third-order valence-electron chi connectivity index (χ3n) is 6.90. The number of alkyl halides is 34. The zero-order chi connectivity index (χ0) is 48.2. The average Bonchev–Trinajstić information content (AvgIpc) is 3.00. The average molecular weight is 948 g/mol. The second-order valence-electron chi connectivity index (χ2n) is 11.0. The summed E-state index contributed by atoms with van der Waals surface area (Å²) in [4.78, 5) is 0. The van der Waals surface area contributed by atoms with Crippen molar-refractivity contribution in [2.24, 2.45) is 0 Å². The van der Waals surface area contributed by atoms with Crippen molar-refractivity contribution in [1.82, 2.24) is 0 Å². The third-order valence-corrected chi connectivity index (χ3v) is 6.90. The highest BCUT2D eigenvalue weighted by Gasteiger charge is 2.96. The maximum absolute atomic E-state index is 13.3. The zero-order valence-corrected chi connectivity index (χ0v) is 26.2. The van der Waals surface area contributed by atoms with Gasteiger partial charge >= 0.3 is 95.3 Å². The summed E-state index contributed by atoms with van der Waals surface area (Å²) < 4.78 is 437. The first-order chi connectivity index (χ1) is 24.6. The molecule has 0 bridgehead atoms. The first kappa shape index (κ1) is 57.2. The van der Waals surface area contributed by atoms with Gasteiger partial charge in [0.15, 0.2) is 0 Å². The van der Waals surface area contributed by atoms with Crippen LogP contribution in [-0.2, 0) is 0 Å². The van der Waals surface area contributed by atoms with Gasteiger partial charge in [0.2, 0.25) is 0 Å². The van der Waals surface area contributed by atoms with Crippen LogP contribution in [-0.4, -0.2) is 95.3 Å². The Labute approximate surface area is 296 Å². The van der Waals surface area contributed by atoms with E-state index in [1.165, 1.54) is 0 Å². The highest BCUT2D eigenvalue weighted by Crippen LogP contribution is 2.66. The molecule has 0 saturated heterocycles. The van der Waals surface area contributed by atoms with Crippen molar-refractivity contribution >= 4 is 0 Å². The van der Waals surface area contributed by atoms with Gasteiger partial charge < -0.3 is 0 Å². The topological polar surface area (TPSA) is 0 Å². The molecule has 0 N–H and O–H groups in total. The quantitative estimate of drug-likeness (QED) is 0.0949. The molecule has 0 aliphatic heterocycles. The second-order valence-corrected chi connectivity index (χ2v) is 11.0. The summed E-state index contributed by atoms with van der Waals surface area (Å²) >= 11 is 0. The summed E-state index contributed by atoms with van der Waals surface area (Å²) in [5, 5.41) is 0. The molecule has 0 heterocycles. The Balaban J connectivity index is 0. The van der Waals surface area contributed by atoms with E-state index in [9.17, 15) is 149 Å². The Hall–Kier alpha value is -2.90. The Morgan fingerprint density at radius 2 is 0.362 bits per heavy atom. The lowest BCUT2D eigenvalue weighted by atomic mass is 9.88. The normalized spacial score (nSPS) is 16.2. The van der Waals surface area contributed by atoms with Crippen LogP contribution in [0.15, 0.2) is 25.3 Å². The van der Waals surface area contributed by atoms with Gasteiger partial charge in [-0.1, -0.05) is 12.2 Å². The van der Waals surface area contributed by atoms with Crippen LogP contribution in [0.5, 0.6) is 0 Å². The molecule has 34 heteroatoms. The minimum Gasteiger partial charge on any atom is -0.200 e. The van der Waals surface area contributed by atoms with Crippen LogP contribution in [0.3, 0.4) is 0 Å². The Bertz CT molecular complexity index is 1300. The molecule has 0 atom stereocenters. The van der Waals surface area contributed by atoms with E-state index >= 15 is 0 Å². The van der Waals surface area contributed by atoms with E-state index in [-0.39, 0.29) is 0 Å². The fourth-order valence-electron chi connectivity index (χ4n) is 3.27. The summed E-state index contributed by atoms with van der Waals surface area (Å²) in [6.45, 7) is 5.31. The van der Waals surface area contributed by atoms with Crippen molar-refractivity contribution in [3.8, 4) is 0 Å². The molecule has 0 aromatic carbocycles. The minimum atomic E-state index is -8.58. The van der Waals surface area contributed by atoms with Crippen LogP contribution in [0, 0.1) is 0 Å². The van der Waals surface area contributed by atoms with Crippen LogP contribution in [0.1, 0.15) is 25.7 Å². The maximum atomic E-state index is 13.3. The Kier molecular flexibility index (Phi) is 15.3. The number of hydrogen-bond acceptors (Lipinski definition) is 0. The van der Waals surface area contributed by atoms with Crippen LogP contribution >= 0.6 is 0 Å². The molecule has 0 aliphatic carbocycles. The molecular formula is C24H14F34. The molecule has 348 valence electrons. The molecule has 0 rings (SSSR count). The zero-order valence-electron chi connectivity index (χ0n) is 26.2. The monoisotopic (exact) mass is 948 g/mol. The number of allylic oxidation sites excluding steroid dienone is 2. The molecule has 0 saturated carbocycles. The van der Waals surface area contributed by atoms with Crippen LogP contribution in [0.2, 0.25) is 0 Å². The van der Waals surface area contributed by atoms with E-state index in [1.807, 2.05) is 0 Å². The number of hydrogen-bond donors (Lipinski definition) is 0. The molecule has 0 nitrogen and oxygen atoms in total. The largest absolute Gasteiger partial charge is 0.460 e. The van der Waals surface area contributed by atoms with E-state index in [1.54, 1.807) is 0 Å². The smallest absolute Gasteiger partial charge is 0.200 e. The minimum absolute atomic E-state index is 0.340. The van der Waals surface area contributed by atoms with E-state index in [4.69, 9.17) is 0 Å². The van der Waals surface area contributed by atoms with Gasteiger partial charge in [0.05, 0.1) is 0 Å². The van der Waals surface area contributed by atoms with Crippen LogP contribution < -0.4 is 0 Å². The summed E-state index contributed by atoms with van der Waals surface area (Å²) in [6.07, 6.45) is -22.4. The number of rotatable bonds is 18. The summed E-state index contributed by atoms with van der Waals surface area (Å²) in [7, 11) is 0. The van der Waals surface area contributed by atoms with Crippen molar-refractivity contribution < 1.29 is 149 Å². The van der Waals surface area contributed by atoms with Crippen molar-refractivity contribution in [1.29, 1.82) is 0 Å². The molecule has 0 radical (unpaired) electrons. The maximum Gasteiger partial charge on any atom is 0.460 e. The SMILES string of the molecule is C=CCCC(F)(F)C(F)(F)C(F)(F)C(F)(F)C(F)(F)C(F)(F)C(F)(F)C(F)(F)F.C=CCCC(F)(F)C(F)(F)C(F)(F)C(F)(F)C(F)(F)C(F)(F)C(F)(F)C(F)(F)F. The summed E-state index contributed by atoms with van der Waals surface area (Å²) in [5.74, 6) is -112. The van der Waals surface area contributed by atoms with Gasteiger partial charge in [0.1, 0.15) is 0 Å². The fraction of sp³-hybridized carbons (Fsp3) is 0.833. The Morgan fingerprint density at radius 1 is 0.224 bits per heavy atom. The van der Waals surface area contributed by atoms with E-state index < -0.39 is 121 Å². The lowest BCUT2D eigenvalue weighted by Crippen LogP contribution is -2.74. The van der Waals surface area contributed by atoms with Crippen LogP contribution in [0.25, 0.3) is 0 Å². The van der Waals surface area contributed by atoms with Gasteiger partial charge in [-0.25, -0.2) is 0 Å². The van der Waals surface area contributed by atoms with E-state index in [0.29, 0.717) is 12.2 Å². The highest BCUT2D eigenvalue weighted by molar-refractivity contribution is 5.16. The first-order valence-corrected chi connectivity index (χ1v) is 13.3. The molecule has 0 aromatic heterocycles. The first-order valence-electron chi connectivity index (χ1n) is 13.3. The summed E-state index contributed by atoms with van der Waals surface area (Å²) in [6, 6.07) is 0. The van der Waals surface area contributed by atoms with Crippen molar-refractivity contribution in [3.05, 3.63) is 25.3 Å². The van der Waals surface area contributed by atoms with Crippen molar-refractivity contribution in [2.45, 2.75) is 121 Å². The molecule has 0 amide bonds. The molecule has 0 aromatic rings. The molecule has 0 fully saturated rings. The lowest BCUT2D eigenvalue weighted by Gasteiger charge is -2.42. The van der Waals surface area contributed by atoms with Gasteiger partial charge in [-0.2, -0.15) is 149 Å². The highest BCUT2D eigenvalue weighted by atomic mass is 19.4. The summed E-state index contributed by atoms with van der Waals surface area (Å²) in [5.41, 5.74) is 0. The van der Waals surface area contributed by atoms with E-state index in [0.717, 1.165) is 0 Å². The van der Waals surface area contributed by atoms with Gasteiger partial charge in [0, 0.05) is 12.8 Å². The van der Waals surface area contributed by atoms with Gasteiger partial charge in [0.25, 0.3) is 0 Å². The van der Waals surface area contributed by atoms with Gasteiger partial charge in [-0.05, 0) is 12.8 Å². The van der Waals surface area contributed by atoms with Crippen molar-refractivity contribution in [2.75, 3.05) is 0 Å². The standard InChI is InChI=1S/2C12H7F17/c2*1-2-3-4-5(13,14)6(15,16)7(17,18)8(19,20)9(21,22)10(23,24)11(25,26)12(27,28)29/h2*2H,1,3-4H2. The fourth-order valence-corrected chi connectivity index (χ4v) is 3.27. The lowest BCUT2D eigenvalue weighted by molar-refractivity contribution is -0.461. The van der Waals surface area contributed by atoms with Crippen molar-refractivity contribution in [3.63, 3.8) is 0 Å². The Morgan fingerprint density at radius 3 is 0.500 bits per heavy atom. The predicted octanol–water partition coefficient (Wildman–Crippen LogP) is 13.9.